The molecule has 20 heavy (non-hydrogen) atoms. The summed E-state index contributed by atoms with van der Waals surface area (Å²) in [7, 11) is 1.50. The lowest BCUT2D eigenvalue weighted by atomic mass is 10.3. The average molecular weight is 297 g/mol. The van der Waals surface area contributed by atoms with Crippen LogP contribution in [-0.4, -0.2) is 23.6 Å². The average Bonchev–Trinajstić information content (AvgIpc) is 2.43. The molecule has 0 saturated carbocycles. The van der Waals surface area contributed by atoms with E-state index in [0.29, 0.717) is 29.0 Å². The standard InChI is InChI=1S/C13H14ClFN4O/c1-3-16-12-11(20-2)13(18-7-17-12)19-10-6-8(14)4-5-9(10)15/h4-7H,3H2,1-2H3,(H2,16,17,18,19). The van der Waals surface area contributed by atoms with Crippen LogP contribution in [0.1, 0.15) is 6.92 Å². The Morgan fingerprint density at radius 2 is 2.05 bits per heavy atom. The van der Waals surface area contributed by atoms with E-state index < -0.39 is 5.82 Å². The number of rotatable bonds is 5. The first-order chi connectivity index (χ1) is 9.65. The van der Waals surface area contributed by atoms with E-state index >= 15 is 0 Å². The zero-order valence-electron chi connectivity index (χ0n) is 11.1. The number of nitrogens with one attached hydrogen (secondary N) is 2. The lowest BCUT2D eigenvalue weighted by Crippen LogP contribution is -2.06. The van der Waals surface area contributed by atoms with Crippen LogP contribution in [0.25, 0.3) is 0 Å². The second-order valence-corrected chi connectivity index (χ2v) is 4.32. The number of anilines is 3. The molecule has 0 unspecified atom stereocenters. The Morgan fingerprint density at radius 1 is 1.30 bits per heavy atom. The Morgan fingerprint density at radius 3 is 2.75 bits per heavy atom. The summed E-state index contributed by atoms with van der Waals surface area (Å²) >= 11 is 5.85. The van der Waals surface area contributed by atoms with E-state index in [-0.39, 0.29) is 5.69 Å². The topological polar surface area (TPSA) is 59.1 Å². The number of hydrogen-bond acceptors (Lipinski definition) is 5. The maximum Gasteiger partial charge on any atom is 0.204 e. The molecule has 1 aromatic carbocycles. The maximum atomic E-state index is 13.7. The molecule has 0 amide bonds. The van der Waals surface area contributed by atoms with E-state index in [9.17, 15) is 4.39 Å². The molecule has 0 saturated heterocycles. The van der Waals surface area contributed by atoms with Gasteiger partial charge in [0.2, 0.25) is 5.75 Å². The molecule has 7 heteroatoms. The molecule has 1 heterocycles. The van der Waals surface area contributed by atoms with Crippen LogP contribution >= 0.6 is 11.6 Å². The highest BCUT2D eigenvalue weighted by Crippen LogP contribution is 2.32. The molecule has 2 N–H and O–H groups in total. The summed E-state index contributed by atoms with van der Waals surface area (Å²) in [4.78, 5) is 8.14. The van der Waals surface area contributed by atoms with Crippen LogP contribution in [0.4, 0.5) is 21.7 Å². The number of methoxy groups -OCH3 is 1. The largest absolute Gasteiger partial charge is 0.490 e. The van der Waals surface area contributed by atoms with Gasteiger partial charge in [0.1, 0.15) is 12.1 Å². The third kappa shape index (κ3) is 3.08. The molecule has 0 radical (unpaired) electrons. The van der Waals surface area contributed by atoms with Gasteiger partial charge in [0.05, 0.1) is 12.8 Å². The van der Waals surface area contributed by atoms with E-state index in [1.807, 2.05) is 6.92 Å². The van der Waals surface area contributed by atoms with Crippen LogP contribution < -0.4 is 15.4 Å². The highest BCUT2D eigenvalue weighted by Gasteiger charge is 2.13. The number of aromatic nitrogens is 2. The molecular formula is C13H14ClFN4O. The smallest absolute Gasteiger partial charge is 0.204 e. The summed E-state index contributed by atoms with van der Waals surface area (Å²) in [6.45, 7) is 2.61. The molecule has 0 aliphatic carbocycles. The van der Waals surface area contributed by atoms with E-state index in [1.165, 1.54) is 31.6 Å². The van der Waals surface area contributed by atoms with Crippen molar-refractivity contribution in [1.82, 2.24) is 9.97 Å². The molecule has 0 fully saturated rings. The number of halogens is 2. The fourth-order valence-electron chi connectivity index (χ4n) is 1.67. The number of nitrogens with zero attached hydrogens (tertiary/aromatic N) is 2. The van der Waals surface area contributed by atoms with E-state index in [1.54, 1.807) is 0 Å². The molecule has 0 bridgehead atoms. The van der Waals surface area contributed by atoms with E-state index in [2.05, 4.69) is 20.6 Å². The first-order valence-electron chi connectivity index (χ1n) is 6.00. The predicted octanol–water partition coefficient (Wildman–Crippen LogP) is 3.45. The Labute approximate surface area is 121 Å². The summed E-state index contributed by atoms with van der Waals surface area (Å²) in [6, 6.07) is 4.23. The maximum absolute atomic E-state index is 13.7. The molecule has 5 nitrogen and oxygen atoms in total. The van der Waals surface area contributed by atoms with Gasteiger partial charge in [-0.1, -0.05) is 11.6 Å². The van der Waals surface area contributed by atoms with Crippen molar-refractivity contribution in [2.75, 3.05) is 24.3 Å². The highest BCUT2D eigenvalue weighted by molar-refractivity contribution is 6.30. The molecular weight excluding hydrogens is 283 g/mol. The van der Waals surface area contributed by atoms with Crippen molar-refractivity contribution in [2.45, 2.75) is 6.92 Å². The zero-order chi connectivity index (χ0) is 14.5. The SMILES string of the molecule is CCNc1ncnc(Nc2cc(Cl)ccc2F)c1OC. The van der Waals surface area contributed by atoms with Crippen molar-refractivity contribution < 1.29 is 9.13 Å². The van der Waals surface area contributed by atoms with Gasteiger partial charge in [0, 0.05) is 11.6 Å². The van der Waals surface area contributed by atoms with Gasteiger partial charge in [-0.2, -0.15) is 0 Å². The Hall–Kier alpha value is -2.08. The monoisotopic (exact) mass is 296 g/mol. The van der Waals surface area contributed by atoms with Gasteiger partial charge < -0.3 is 15.4 Å². The van der Waals surface area contributed by atoms with Gasteiger partial charge in [0.25, 0.3) is 0 Å². The fourth-order valence-corrected chi connectivity index (χ4v) is 1.84. The minimum atomic E-state index is -0.430. The molecule has 2 aromatic rings. The van der Waals surface area contributed by atoms with Gasteiger partial charge >= 0.3 is 0 Å². The second kappa shape index (κ2) is 6.38. The minimum Gasteiger partial charge on any atom is -0.490 e. The third-order valence-corrected chi connectivity index (χ3v) is 2.77. The van der Waals surface area contributed by atoms with Crippen LogP contribution in [0.5, 0.6) is 5.75 Å². The number of benzene rings is 1. The van der Waals surface area contributed by atoms with Gasteiger partial charge in [-0.05, 0) is 25.1 Å². The van der Waals surface area contributed by atoms with Crippen molar-refractivity contribution >= 4 is 28.9 Å². The van der Waals surface area contributed by atoms with Crippen molar-refractivity contribution in [3.8, 4) is 5.75 Å². The molecule has 2 rings (SSSR count). The van der Waals surface area contributed by atoms with Crippen LogP contribution in [0, 0.1) is 5.82 Å². The van der Waals surface area contributed by atoms with E-state index in [4.69, 9.17) is 16.3 Å². The van der Waals surface area contributed by atoms with Crippen LogP contribution in [0.2, 0.25) is 5.02 Å². The predicted molar refractivity (Wildman–Crippen MR) is 77.4 cm³/mol. The number of hydrogen-bond donors (Lipinski definition) is 2. The van der Waals surface area contributed by atoms with Crippen molar-refractivity contribution in [3.63, 3.8) is 0 Å². The minimum absolute atomic E-state index is 0.219. The zero-order valence-corrected chi connectivity index (χ0v) is 11.8. The van der Waals surface area contributed by atoms with Gasteiger partial charge in [-0.3, -0.25) is 0 Å². The molecule has 0 aliphatic rings. The summed E-state index contributed by atoms with van der Waals surface area (Å²) in [6.07, 6.45) is 1.37. The molecule has 1 aromatic heterocycles. The molecule has 0 atom stereocenters. The lowest BCUT2D eigenvalue weighted by Gasteiger charge is -2.14. The first-order valence-corrected chi connectivity index (χ1v) is 6.38. The lowest BCUT2D eigenvalue weighted by molar-refractivity contribution is 0.415. The third-order valence-electron chi connectivity index (χ3n) is 2.53. The van der Waals surface area contributed by atoms with Crippen molar-refractivity contribution in [3.05, 3.63) is 35.4 Å². The molecule has 0 spiro atoms. The van der Waals surface area contributed by atoms with E-state index in [0.717, 1.165) is 0 Å². The second-order valence-electron chi connectivity index (χ2n) is 3.88. The summed E-state index contributed by atoms with van der Waals surface area (Å²) in [5, 5.41) is 6.32. The van der Waals surface area contributed by atoms with Gasteiger partial charge in [-0.25, -0.2) is 14.4 Å². The summed E-state index contributed by atoms with van der Waals surface area (Å²) < 4.78 is 19.0. The normalized spacial score (nSPS) is 10.2. The van der Waals surface area contributed by atoms with Gasteiger partial charge in [0.15, 0.2) is 11.6 Å². The van der Waals surface area contributed by atoms with Crippen LogP contribution in [0.15, 0.2) is 24.5 Å². The molecule has 0 aliphatic heterocycles. The van der Waals surface area contributed by atoms with Crippen LogP contribution in [0.3, 0.4) is 0 Å². The quantitative estimate of drug-likeness (QED) is 0.885. The summed E-state index contributed by atoms with van der Waals surface area (Å²) in [5.74, 6) is 0.878. The van der Waals surface area contributed by atoms with Crippen LogP contribution in [-0.2, 0) is 0 Å². The first kappa shape index (κ1) is 14.3. The Bertz CT molecular complexity index is 609. The Balaban J connectivity index is 2.37. The van der Waals surface area contributed by atoms with Gasteiger partial charge in [-0.15, -0.1) is 0 Å². The Kier molecular flexibility index (Phi) is 4.57. The highest BCUT2D eigenvalue weighted by atomic mass is 35.5. The number of ether oxygens (including phenoxy) is 1. The van der Waals surface area contributed by atoms with Crippen molar-refractivity contribution in [2.24, 2.45) is 0 Å². The molecule has 106 valence electrons. The van der Waals surface area contributed by atoms with Crippen molar-refractivity contribution in [1.29, 1.82) is 0 Å². The summed E-state index contributed by atoms with van der Waals surface area (Å²) in [5.41, 5.74) is 0.219. The fraction of sp³-hybridized carbons (Fsp3) is 0.231.